The molecule has 0 aliphatic heterocycles. The first-order valence-corrected chi connectivity index (χ1v) is 34.0. The van der Waals surface area contributed by atoms with Crippen molar-refractivity contribution in [2.45, 2.75) is 198 Å². The number of para-hydroxylation sites is 5. The van der Waals surface area contributed by atoms with Crippen LogP contribution in [0, 0.1) is 0 Å². The quantitative estimate of drug-likeness (QED) is 0.0384. The topological polar surface area (TPSA) is 128 Å². The Balaban J connectivity index is 1.39. The Kier molecular flexibility index (Phi) is 19.5. The van der Waals surface area contributed by atoms with Crippen LogP contribution in [0.4, 0.5) is 34.1 Å². The third-order valence-electron chi connectivity index (χ3n) is 19.1. The van der Waals surface area contributed by atoms with E-state index < -0.39 is 0 Å². The molecule has 4 amide bonds. The number of carbonyl (C=O) groups is 4. The van der Waals surface area contributed by atoms with E-state index in [0.717, 1.165) is 106 Å². The molecular weight excluding hydrogens is 1140 g/mol. The van der Waals surface area contributed by atoms with Gasteiger partial charge in [-0.2, -0.15) is 0 Å². The number of amides is 4. The molecule has 10 aromatic carbocycles. The summed E-state index contributed by atoms with van der Waals surface area (Å²) in [4.78, 5) is 64.3. The van der Waals surface area contributed by atoms with Crippen LogP contribution in [-0.4, -0.2) is 23.6 Å². The highest BCUT2D eigenvalue weighted by atomic mass is 16.2. The van der Waals surface area contributed by atoms with E-state index in [9.17, 15) is 0 Å². The first-order chi connectivity index (χ1) is 44.1. The summed E-state index contributed by atoms with van der Waals surface area (Å²) >= 11 is 0. The van der Waals surface area contributed by atoms with E-state index in [-0.39, 0.29) is 82.8 Å². The Labute approximate surface area is 552 Å². The molecule has 0 aliphatic rings. The third-order valence-corrected chi connectivity index (χ3v) is 19.1. The van der Waals surface area contributed by atoms with Crippen LogP contribution in [0.2, 0.25) is 0 Å². The molecule has 0 aromatic heterocycles. The summed E-state index contributed by atoms with van der Waals surface area (Å²) in [5, 5.41) is 23.3. The SMILES string of the molecule is CC(C)c1cccc(C(C)C)c1NC(=O)c1ccc2c3ccc(C(=O)Nc4c(C(C)C)cccc4C(C)C)c4c(C(=O)Nc5c(C(C)C)cccc5C(C)C)cc(Nc5c(C(C)C)cccc5C(C)C)c(c5ccc(C(=O)Nc6c(C(C)C)cccc6C(C)C)c1c25)c43. The van der Waals surface area contributed by atoms with E-state index in [1.165, 1.54) is 0 Å². The zero-order valence-electron chi connectivity index (χ0n) is 58.6. The fraction of sp³-hybridized carbons (Fsp3) is 0.357. The van der Waals surface area contributed by atoms with Crippen LogP contribution in [0.1, 0.15) is 295 Å². The van der Waals surface area contributed by atoms with Crippen molar-refractivity contribution in [1.29, 1.82) is 0 Å². The van der Waals surface area contributed by atoms with Crippen LogP contribution in [0.3, 0.4) is 0 Å². The monoisotopic (exact) mass is 1240 g/mol. The Morgan fingerprint density at radius 3 is 0.731 bits per heavy atom. The number of hydrogen-bond donors (Lipinski definition) is 5. The van der Waals surface area contributed by atoms with Gasteiger partial charge in [-0.15, -0.1) is 0 Å². The molecule has 5 N–H and O–H groups in total. The van der Waals surface area contributed by atoms with Gasteiger partial charge in [0, 0.05) is 72.4 Å². The lowest BCUT2D eigenvalue weighted by Gasteiger charge is -2.26. The Hall–Kier alpha value is -8.82. The predicted molar refractivity (Wildman–Crippen MR) is 396 cm³/mol. The van der Waals surface area contributed by atoms with Crippen molar-refractivity contribution < 1.29 is 19.2 Å². The van der Waals surface area contributed by atoms with E-state index in [2.05, 4.69) is 256 Å². The molecular formula is C84H97N5O4. The van der Waals surface area contributed by atoms with Gasteiger partial charge in [0.1, 0.15) is 0 Å². The van der Waals surface area contributed by atoms with Crippen LogP contribution in [0.25, 0.3) is 43.1 Å². The first-order valence-electron chi connectivity index (χ1n) is 34.0. The lowest BCUT2D eigenvalue weighted by atomic mass is 9.82. The number of nitrogens with one attached hydrogen (secondary N) is 5. The highest BCUT2D eigenvalue weighted by molar-refractivity contribution is 6.42. The van der Waals surface area contributed by atoms with Crippen molar-refractivity contribution >= 4 is 101 Å². The maximum absolute atomic E-state index is 16.4. The number of hydrogen-bond acceptors (Lipinski definition) is 5. The van der Waals surface area contributed by atoms with Gasteiger partial charge >= 0.3 is 0 Å². The van der Waals surface area contributed by atoms with Gasteiger partial charge in [0.25, 0.3) is 23.6 Å². The fourth-order valence-corrected chi connectivity index (χ4v) is 14.2. The summed E-state index contributed by atoms with van der Waals surface area (Å²) in [6.07, 6.45) is 0. The second kappa shape index (κ2) is 27.0. The highest BCUT2D eigenvalue weighted by Gasteiger charge is 2.32. The molecule has 93 heavy (non-hydrogen) atoms. The second-order valence-corrected chi connectivity index (χ2v) is 28.9. The standard InChI is InChI=1S/C84H97N5O4/c1-43(2)53-26-21-27-54(44(3)4)76(53)85-70-42-69(84(93)89-80-61(51(17)18)34-25-35-62(80)52(19)20)73-68(83(92)88-79-59(49(13)14)32-24-33-60(79)50(15)16)40-37-64-63-36-39-66(81(90)86-77-55(45(5)6)28-22-29-56(77)46(7)8)72-67(41-38-65(71(63)72)74(70)75(64)73)82(91)87-78-57(47(9)10)30-23-31-58(78)48(11)12/h21-52,85H,1-20H3,(H,86,90)(H,87,91)(H,88,92)(H,89,93). The van der Waals surface area contributed by atoms with Gasteiger partial charge in [0.05, 0.1) is 5.56 Å². The Morgan fingerprint density at radius 1 is 0.237 bits per heavy atom. The number of anilines is 6. The molecule has 0 saturated carbocycles. The maximum Gasteiger partial charge on any atom is 0.256 e. The molecule has 0 unspecified atom stereocenters. The van der Waals surface area contributed by atoms with Crippen LogP contribution < -0.4 is 26.6 Å². The third kappa shape index (κ3) is 12.6. The zero-order valence-corrected chi connectivity index (χ0v) is 58.6. The molecule has 10 rings (SSSR count). The van der Waals surface area contributed by atoms with Crippen LogP contribution in [0.5, 0.6) is 0 Å². The van der Waals surface area contributed by atoms with Crippen LogP contribution in [0.15, 0.2) is 133 Å². The molecule has 482 valence electrons. The second-order valence-electron chi connectivity index (χ2n) is 28.9. The summed E-state index contributed by atoms with van der Waals surface area (Å²) in [5.41, 5.74) is 16.2. The van der Waals surface area contributed by atoms with E-state index in [1.54, 1.807) is 0 Å². The number of carbonyl (C=O) groups excluding carboxylic acids is 4. The number of rotatable bonds is 20. The highest BCUT2D eigenvalue weighted by Crippen LogP contribution is 2.50. The van der Waals surface area contributed by atoms with Crippen molar-refractivity contribution in [1.82, 2.24) is 0 Å². The molecule has 0 radical (unpaired) electrons. The van der Waals surface area contributed by atoms with Crippen LogP contribution in [-0.2, 0) is 0 Å². The van der Waals surface area contributed by atoms with Gasteiger partial charge in [-0.1, -0.05) is 248 Å². The van der Waals surface area contributed by atoms with Crippen molar-refractivity contribution in [3.63, 3.8) is 0 Å². The minimum absolute atomic E-state index is 0.0763. The molecule has 0 aliphatic carbocycles. The molecule has 0 spiro atoms. The van der Waals surface area contributed by atoms with Crippen LogP contribution >= 0.6 is 0 Å². The maximum atomic E-state index is 16.4. The lowest BCUT2D eigenvalue weighted by molar-refractivity contribution is 0.101. The molecule has 10 aromatic rings. The fourth-order valence-electron chi connectivity index (χ4n) is 14.2. The van der Waals surface area contributed by atoms with E-state index in [1.807, 2.05) is 42.5 Å². The van der Waals surface area contributed by atoms with Gasteiger partial charge in [0.15, 0.2) is 0 Å². The first kappa shape index (κ1) is 67.1. The smallest absolute Gasteiger partial charge is 0.256 e. The summed E-state index contributed by atoms with van der Waals surface area (Å²) in [7, 11) is 0. The Morgan fingerprint density at radius 2 is 0.462 bits per heavy atom. The van der Waals surface area contributed by atoms with Crippen molar-refractivity contribution in [2.75, 3.05) is 26.6 Å². The summed E-state index contributed by atoms with van der Waals surface area (Å²) in [6, 6.07) is 44.9. The molecule has 0 bridgehead atoms. The van der Waals surface area contributed by atoms with E-state index in [0.29, 0.717) is 49.5 Å². The van der Waals surface area contributed by atoms with Crippen molar-refractivity contribution in [3.05, 3.63) is 211 Å². The van der Waals surface area contributed by atoms with Gasteiger partial charge in [-0.3, -0.25) is 19.2 Å². The van der Waals surface area contributed by atoms with Crippen molar-refractivity contribution in [2.24, 2.45) is 0 Å². The molecule has 0 saturated heterocycles. The summed E-state index contributed by atoms with van der Waals surface area (Å²) < 4.78 is 0. The largest absolute Gasteiger partial charge is 0.355 e. The van der Waals surface area contributed by atoms with E-state index >= 15 is 19.2 Å². The number of fused-ring (bicyclic) bond motifs is 2. The minimum Gasteiger partial charge on any atom is -0.355 e. The Bertz CT molecular complexity index is 4320. The molecule has 0 fully saturated rings. The van der Waals surface area contributed by atoms with Crippen molar-refractivity contribution in [3.8, 4) is 0 Å². The molecule has 9 heteroatoms. The average molecular weight is 1240 g/mol. The number of benzene rings is 10. The van der Waals surface area contributed by atoms with Gasteiger partial charge in [-0.25, -0.2) is 0 Å². The summed E-state index contributed by atoms with van der Waals surface area (Å²) in [5.74, 6) is -0.506. The van der Waals surface area contributed by atoms with Gasteiger partial charge in [0.2, 0.25) is 0 Å². The molecule has 0 heterocycles. The zero-order chi connectivity index (χ0) is 67.3. The summed E-state index contributed by atoms with van der Waals surface area (Å²) in [6.45, 7) is 43.0. The normalized spacial score (nSPS) is 12.2. The molecule has 9 nitrogen and oxygen atoms in total. The van der Waals surface area contributed by atoms with Gasteiger partial charge in [-0.05, 0) is 161 Å². The van der Waals surface area contributed by atoms with E-state index in [4.69, 9.17) is 0 Å². The minimum atomic E-state index is -0.364. The predicted octanol–water partition coefficient (Wildman–Crippen LogP) is 23.7. The average Bonchev–Trinajstić information content (AvgIpc) is 0.695. The molecule has 0 atom stereocenters. The lowest BCUT2D eigenvalue weighted by Crippen LogP contribution is -2.20. The van der Waals surface area contributed by atoms with Gasteiger partial charge < -0.3 is 26.6 Å².